The van der Waals surface area contributed by atoms with Gasteiger partial charge in [-0.2, -0.15) is 0 Å². The maximum atomic E-state index is 13.6. The van der Waals surface area contributed by atoms with Crippen LogP contribution in [-0.4, -0.2) is 17.6 Å². The van der Waals surface area contributed by atoms with Crippen LogP contribution >= 0.6 is 0 Å². The average Bonchev–Trinajstić information content (AvgIpc) is 2.39. The predicted molar refractivity (Wildman–Crippen MR) is 73.0 cm³/mol. The summed E-state index contributed by atoms with van der Waals surface area (Å²) in [5, 5.41) is 12.0. The standard InChI is InChI=1S/C15H20FNO2/c1-10-2-4-11(5-3-10)9-17-14-8-12(15(18)19)6-7-13(14)16/h6-8,10-11,17H,2-5,9H2,1H3,(H,18,19). The Balaban J connectivity index is 1.95. The zero-order valence-corrected chi connectivity index (χ0v) is 11.2. The van der Waals surface area contributed by atoms with Gasteiger partial charge in [-0.15, -0.1) is 0 Å². The molecule has 0 bridgehead atoms. The third-order valence-electron chi connectivity index (χ3n) is 3.93. The van der Waals surface area contributed by atoms with Crippen LogP contribution in [-0.2, 0) is 0 Å². The third-order valence-corrected chi connectivity index (χ3v) is 3.93. The summed E-state index contributed by atoms with van der Waals surface area (Å²) in [5.74, 6) is -0.0730. The molecule has 1 fully saturated rings. The van der Waals surface area contributed by atoms with E-state index in [9.17, 15) is 9.18 Å². The van der Waals surface area contributed by atoms with Crippen molar-refractivity contribution in [2.75, 3.05) is 11.9 Å². The number of carbonyl (C=O) groups is 1. The smallest absolute Gasteiger partial charge is 0.335 e. The highest BCUT2D eigenvalue weighted by atomic mass is 19.1. The Bertz CT molecular complexity index is 453. The molecule has 1 aromatic rings. The number of halogens is 1. The molecule has 2 N–H and O–H groups in total. The van der Waals surface area contributed by atoms with Crippen molar-refractivity contribution in [2.45, 2.75) is 32.6 Å². The number of carboxylic acids is 1. The SMILES string of the molecule is CC1CCC(CNc2cc(C(=O)O)ccc2F)CC1. The van der Waals surface area contributed by atoms with Gasteiger partial charge in [0.2, 0.25) is 0 Å². The number of nitrogens with one attached hydrogen (secondary N) is 1. The summed E-state index contributed by atoms with van der Waals surface area (Å²) < 4.78 is 13.6. The molecule has 104 valence electrons. The van der Waals surface area contributed by atoms with Crippen molar-refractivity contribution in [3.8, 4) is 0 Å². The van der Waals surface area contributed by atoms with Gasteiger partial charge >= 0.3 is 5.97 Å². The molecule has 0 radical (unpaired) electrons. The molecule has 0 atom stereocenters. The van der Waals surface area contributed by atoms with Crippen LogP contribution in [0.25, 0.3) is 0 Å². The van der Waals surface area contributed by atoms with Gasteiger partial charge in [-0.05, 0) is 42.9 Å². The van der Waals surface area contributed by atoms with Crippen LogP contribution < -0.4 is 5.32 Å². The third kappa shape index (κ3) is 3.69. The Morgan fingerprint density at radius 1 is 1.37 bits per heavy atom. The Labute approximate surface area is 112 Å². The molecule has 4 heteroatoms. The molecule has 19 heavy (non-hydrogen) atoms. The second-order valence-corrected chi connectivity index (χ2v) is 5.51. The van der Waals surface area contributed by atoms with E-state index >= 15 is 0 Å². The first-order chi connectivity index (χ1) is 9.06. The Morgan fingerprint density at radius 2 is 2.05 bits per heavy atom. The molecule has 0 spiro atoms. The first-order valence-electron chi connectivity index (χ1n) is 6.83. The van der Waals surface area contributed by atoms with Crippen molar-refractivity contribution in [2.24, 2.45) is 11.8 Å². The van der Waals surface area contributed by atoms with E-state index in [1.54, 1.807) is 0 Å². The zero-order chi connectivity index (χ0) is 13.8. The number of carboxylic acid groups (broad SMARTS) is 1. The van der Waals surface area contributed by atoms with Gasteiger partial charge in [0.15, 0.2) is 0 Å². The van der Waals surface area contributed by atoms with Gasteiger partial charge in [0.25, 0.3) is 0 Å². The number of aromatic carboxylic acids is 1. The van der Waals surface area contributed by atoms with Crippen LogP contribution in [0.15, 0.2) is 18.2 Å². The normalized spacial score (nSPS) is 23.1. The van der Waals surface area contributed by atoms with E-state index in [1.807, 2.05) is 0 Å². The number of hydrogen-bond donors (Lipinski definition) is 2. The zero-order valence-electron chi connectivity index (χ0n) is 11.2. The summed E-state index contributed by atoms with van der Waals surface area (Å²) in [5.41, 5.74) is 0.402. The molecule has 2 rings (SSSR count). The highest BCUT2D eigenvalue weighted by Gasteiger charge is 2.18. The van der Waals surface area contributed by atoms with Gasteiger partial charge in [-0.1, -0.05) is 19.8 Å². The van der Waals surface area contributed by atoms with Crippen molar-refractivity contribution in [1.29, 1.82) is 0 Å². The molecule has 0 saturated heterocycles. The van der Waals surface area contributed by atoms with Gasteiger partial charge in [0, 0.05) is 6.54 Å². The number of hydrogen-bond acceptors (Lipinski definition) is 2. The number of rotatable bonds is 4. The molecule has 0 heterocycles. The molecule has 0 amide bonds. The van der Waals surface area contributed by atoms with E-state index in [1.165, 1.54) is 31.0 Å². The molecule has 1 aromatic carbocycles. The Kier molecular flexibility index (Phi) is 4.40. The lowest BCUT2D eigenvalue weighted by molar-refractivity contribution is 0.0697. The second-order valence-electron chi connectivity index (χ2n) is 5.51. The van der Waals surface area contributed by atoms with E-state index in [0.29, 0.717) is 18.2 Å². The van der Waals surface area contributed by atoms with Crippen molar-refractivity contribution in [1.82, 2.24) is 0 Å². The highest BCUT2D eigenvalue weighted by Crippen LogP contribution is 2.28. The van der Waals surface area contributed by atoms with Crippen LogP contribution in [0.4, 0.5) is 10.1 Å². The van der Waals surface area contributed by atoms with Crippen molar-refractivity contribution in [3.05, 3.63) is 29.6 Å². The van der Waals surface area contributed by atoms with Crippen LogP contribution in [0.3, 0.4) is 0 Å². The number of anilines is 1. The van der Waals surface area contributed by atoms with E-state index in [0.717, 1.165) is 18.8 Å². The molecular formula is C15H20FNO2. The van der Waals surface area contributed by atoms with Crippen molar-refractivity contribution < 1.29 is 14.3 Å². The summed E-state index contributed by atoms with van der Waals surface area (Å²) >= 11 is 0. The first-order valence-corrected chi connectivity index (χ1v) is 6.83. The van der Waals surface area contributed by atoms with E-state index < -0.39 is 11.8 Å². The lowest BCUT2D eigenvalue weighted by atomic mass is 9.83. The molecule has 0 aliphatic heterocycles. The van der Waals surface area contributed by atoms with Gasteiger partial charge < -0.3 is 10.4 Å². The largest absolute Gasteiger partial charge is 0.478 e. The number of benzene rings is 1. The van der Waals surface area contributed by atoms with Gasteiger partial charge in [-0.25, -0.2) is 9.18 Å². The van der Waals surface area contributed by atoms with Crippen LogP contribution in [0.1, 0.15) is 43.0 Å². The molecule has 1 aliphatic rings. The van der Waals surface area contributed by atoms with E-state index in [-0.39, 0.29) is 5.56 Å². The minimum absolute atomic E-state index is 0.112. The van der Waals surface area contributed by atoms with Crippen molar-refractivity contribution in [3.63, 3.8) is 0 Å². The van der Waals surface area contributed by atoms with Crippen LogP contribution in [0, 0.1) is 17.7 Å². The molecule has 3 nitrogen and oxygen atoms in total. The van der Waals surface area contributed by atoms with Gasteiger partial charge in [0.1, 0.15) is 5.82 Å². The molecule has 0 unspecified atom stereocenters. The summed E-state index contributed by atoms with van der Waals surface area (Å²) in [6, 6.07) is 3.85. The van der Waals surface area contributed by atoms with Crippen LogP contribution in [0.5, 0.6) is 0 Å². The quantitative estimate of drug-likeness (QED) is 0.871. The van der Waals surface area contributed by atoms with E-state index in [2.05, 4.69) is 12.2 Å². The lowest BCUT2D eigenvalue weighted by Gasteiger charge is -2.26. The molecule has 0 aromatic heterocycles. The van der Waals surface area contributed by atoms with Crippen LogP contribution in [0.2, 0.25) is 0 Å². The molecule has 1 saturated carbocycles. The summed E-state index contributed by atoms with van der Waals surface area (Å²) in [4.78, 5) is 10.9. The fourth-order valence-corrected chi connectivity index (χ4v) is 2.58. The summed E-state index contributed by atoms with van der Waals surface area (Å²) in [7, 11) is 0. The Morgan fingerprint density at radius 3 is 2.68 bits per heavy atom. The molecular weight excluding hydrogens is 245 g/mol. The fraction of sp³-hybridized carbons (Fsp3) is 0.533. The summed E-state index contributed by atoms with van der Waals surface area (Å²) in [6.07, 6.45) is 4.77. The van der Waals surface area contributed by atoms with Gasteiger partial charge in [0.05, 0.1) is 11.3 Å². The maximum Gasteiger partial charge on any atom is 0.335 e. The lowest BCUT2D eigenvalue weighted by Crippen LogP contribution is -2.20. The Hall–Kier alpha value is -1.58. The second kappa shape index (κ2) is 6.04. The predicted octanol–water partition coefficient (Wildman–Crippen LogP) is 3.76. The molecule has 1 aliphatic carbocycles. The fourth-order valence-electron chi connectivity index (χ4n) is 2.58. The van der Waals surface area contributed by atoms with Crippen molar-refractivity contribution >= 4 is 11.7 Å². The van der Waals surface area contributed by atoms with Gasteiger partial charge in [-0.3, -0.25) is 0 Å². The monoisotopic (exact) mass is 265 g/mol. The summed E-state index contributed by atoms with van der Waals surface area (Å²) in [6.45, 7) is 2.98. The first kappa shape index (κ1) is 13.8. The highest BCUT2D eigenvalue weighted by molar-refractivity contribution is 5.88. The topological polar surface area (TPSA) is 49.3 Å². The minimum atomic E-state index is -1.03. The average molecular weight is 265 g/mol. The maximum absolute atomic E-state index is 13.6. The van der Waals surface area contributed by atoms with E-state index in [4.69, 9.17) is 5.11 Å². The minimum Gasteiger partial charge on any atom is -0.478 e.